The van der Waals surface area contributed by atoms with Gasteiger partial charge in [-0.2, -0.15) is 0 Å². The van der Waals surface area contributed by atoms with Crippen LogP contribution in [0.25, 0.3) is 11.4 Å². The molecule has 1 spiro atoms. The van der Waals surface area contributed by atoms with E-state index in [1.807, 2.05) is 30.5 Å². The molecule has 0 N–H and O–H groups in total. The maximum absolute atomic E-state index is 5.99. The van der Waals surface area contributed by atoms with Crippen LogP contribution < -0.4 is 4.74 Å². The number of hydrogen-bond donors (Lipinski definition) is 0. The second-order valence-electron chi connectivity index (χ2n) is 8.02. The smallest absolute Gasteiger partial charge is 0.159 e. The van der Waals surface area contributed by atoms with Gasteiger partial charge in [0.05, 0.1) is 31.4 Å². The predicted octanol–water partition coefficient (Wildman–Crippen LogP) is 3.83. The average molecular weight is 387 g/mol. The lowest BCUT2D eigenvalue weighted by molar-refractivity contribution is 0.0503. The van der Waals surface area contributed by atoms with Crippen molar-refractivity contribution in [3.8, 4) is 17.1 Å². The van der Waals surface area contributed by atoms with Gasteiger partial charge < -0.3 is 9.47 Å². The molecule has 1 aromatic heterocycles. The van der Waals surface area contributed by atoms with Gasteiger partial charge in [0.15, 0.2) is 5.82 Å². The van der Waals surface area contributed by atoms with Gasteiger partial charge in [-0.25, -0.2) is 9.97 Å². The van der Waals surface area contributed by atoms with E-state index in [0.29, 0.717) is 6.61 Å². The largest absolute Gasteiger partial charge is 0.497 e. The quantitative estimate of drug-likeness (QED) is 0.681. The average Bonchev–Trinajstić information content (AvgIpc) is 3.17. The van der Waals surface area contributed by atoms with E-state index < -0.39 is 0 Å². The number of fused-ring (bicyclic) bond motifs is 2. The maximum atomic E-state index is 5.99. The lowest BCUT2D eigenvalue weighted by Gasteiger charge is -2.34. The van der Waals surface area contributed by atoms with E-state index in [4.69, 9.17) is 14.5 Å². The van der Waals surface area contributed by atoms with Crippen LogP contribution in [0.3, 0.4) is 0 Å². The van der Waals surface area contributed by atoms with Crippen molar-refractivity contribution >= 4 is 0 Å². The van der Waals surface area contributed by atoms with Crippen molar-refractivity contribution in [3.63, 3.8) is 0 Å². The Morgan fingerprint density at radius 3 is 2.90 bits per heavy atom. The van der Waals surface area contributed by atoms with Gasteiger partial charge in [-0.15, -0.1) is 0 Å². The third-order valence-electron chi connectivity index (χ3n) is 6.01. The van der Waals surface area contributed by atoms with Crippen LogP contribution in [0.1, 0.15) is 23.2 Å². The van der Waals surface area contributed by atoms with Crippen molar-refractivity contribution in [2.24, 2.45) is 0 Å². The van der Waals surface area contributed by atoms with Crippen molar-refractivity contribution in [2.75, 3.05) is 26.8 Å². The van der Waals surface area contributed by atoms with E-state index in [9.17, 15) is 0 Å². The van der Waals surface area contributed by atoms with Gasteiger partial charge in [-0.1, -0.05) is 42.5 Å². The van der Waals surface area contributed by atoms with Gasteiger partial charge in [0, 0.05) is 30.4 Å². The number of hydrogen-bond acceptors (Lipinski definition) is 5. The molecular formula is C24H25N3O2. The molecule has 0 unspecified atom stereocenters. The second-order valence-corrected chi connectivity index (χ2v) is 8.02. The van der Waals surface area contributed by atoms with Crippen molar-refractivity contribution < 1.29 is 9.47 Å². The predicted molar refractivity (Wildman–Crippen MR) is 112 cm³/mol. The summed E-state index contributed by atoms with van der Waals surface area (Å²) < 4.78 is 11.4. The Hall–Kier alpha value is -2.76. The van der Waals surface area contributed by atoms with Gasteiger partial charge in [0.2, 0.25) is 0 Å². The molecule has 2 aliphatic rings. The fourth-order valence-electron chi connectivity index (χ4n) is 4.56. The Morgan fingerprint density at radius 2 is 2.03 bits per heavy atom. The lowest BCUT2D eigenvalue weighted by atomic mass is 9.80. The highest BCUT2D eigenvalue weighted by Crippen LogP contribution is 2.40. The number of likely N-dealkylation sites (tertiary alicyclic amines) is 1. The Morgan fingerprint density at radius 1 is 1.14 bits per heavy atom. The first-order valence-corrected chi connectivity index (χ1v) is 10.1. The molecule has 0 radical (unpaired) electrons. The fourth-order valence-corrected chi connectivity index (χ4v) is 4.56. The van der Waals surface area contributed by atoms with Gasteiger partial charge in [-0.3, -0.25) is 4.90 Å². The first-order valence-electron chi connectivity index (χ1n) is 10.1. The minimum absolute atomic E-state index is 0.0566. The molecule has 0 amide bonds. The Bertz CT molecular complexity index is 1010. The highest BCUT2D eigenvalue weighted by molar-refractivity contribution is 5.55. The standard InChI is InChI=1S/C24H25N3O2/c1-28-21-9-5-6-18(12-21)14-27-11-10-24(16-27)17-29-15-20-13-25-23(26-22(20)24)19-7-3-2-4-8-19/h2-9,12-13H,10-11,14-17H2,1H3/t24-/m0/s1. The molecule has 148 valence electrons. The zero-order valence-corrected chi connectivity index (χ0v) is 16.7. The van der Waals surface area contributed by atoms with Crippen LogP contribution in [0.15, 0.2) is 60.8 Å². The molecule has 3 heterocycles. The summed E-state index contributed by atoms with van der Waals surface area (Å²) in [4.78, 5) is 12.2. The zero-order valence-electron chi connectivity index (χ0n) is 16.7. The van der Waals surface area contributed by atoms with Crippen LogP contribution in [-0.4, -0.2) is 41.7 Å². The van der Waals surface area contributed by atoms with Crippen LogP contribution in [-0.2, 0) is 23.3 Å². The summed E-state index contributed by atoms with van der Waals surface area (Å²) in [5, 5.41) is 0. The van der Waals surface area contributed by atoms with Crippen LogP contribution in [0.4, 0.5) is 0 Å². The summed E-state index contributed by atoms with van der Waals surface area (Å²) in [7, 11) is 1.71. The van der Waals surface area contributed by atoms with E-state index in [-0.39, 0.29) is 5.41 Å². The van der Waals surface area contributed by atoms with E-state index in [1.54, 1.807) is 7.11 Å². The summed E-state index contributed by atoms with van der Waals surface area (Å²) in [5.74, 6) is 1.71. The van der Waals surface area contributed by atoms with Crippen molar-refractivity contribution in [3.05, 3.63) is 77.6 Å². The molecule has 1 atom stereocenters. The molecule has 0 aliphatic carbocycles. The topological polar surface area (TPSA) is 47.5 Å². The summed E-state index contributed by atoms with van der Waals surface area (Å²) in [6.45, 7) is 4.21. The molecule has 5 nitrogen and oxygen atoms in total. The third kappa shape index (κ3) is 3.52. The second kappa shape index (κ2) is 7.58. The van der Waals surface area contributed by atoms with E-state index in [0.717, 1.165) is 55.4 Å². The van der Waals surface area contributed by atoms with Gasteiger partial charge in [0.25, 0.3) is 0 Å². The molecule has 3 aromatic rings. The molecule has 1 fully saturated rings. The van der Waals surface area contributed by atoms with E-state index in [2.05, 4.69) is 40.2 Å². The van der Waals surface area contributed by atoms with Crippen molar-refractivity contribution in [1.82, 2.24) is 14.9 Å². The first-order chi connectivity index (χ1) is 14.3. The van der Waals surface area contributed by atoms with Gasteiger partial charge in [-0.05, 0) is 30.7 Å². The number of aromatic nitrogens is 2. The summed E-state index contributed by atoms with van der Waals surface area (Å²) in [6, 6.07) is 18.5. The molecule has 0 saturated carbocycles. The summed E-state index contributed by atoms with van der Waals surface area (Å²) in [5.41, 5.74) is 4.57. The number of methoxy groups -OCH3 is 1. The van der Waals surface area contributed by atoms with Crippen molar-refractivity contribution in [1.29, 1.82) is 0 Å². The Kier molecular flexibility index (Phi) is 4.78. The van der Waals surface area contributed by atoms with Gasteiger partial charge >= 0.3 is 0 Å². The highest BCUT2D eigenvalue weighted by atomic mass is 16.5. The Labute approximate surface area is 171 Å². The van der Waals surface area contributed by atoms with Crippen LogP contribution in [0, 0.1) is 0 Å². The van der Waals surface area contributed by atoms with Crippen LogP contribution in [0.5, 0.6) is 5.75 Å². The number of benzene rings is 2. The Balaban J connectivity index is 1.42. The molecule has 0 bridgehead atoms. The number of nitrogens with zero attached hydrogens (tertiary/aromatic N) is 3. The minimum Gasteiger partial charge on any atom is -0.497 e. The third-order valence-corrected chi connectivity index (χ3v) is 6.01. The summed E-state index contributed by atoms with van der Waals surface area (Å²) >= 11 is 0. The normalized spacial score (nSPS) is 21.3. The number of rotatable bonds is 4. The molecule has 5 heteroatoms. The molecule has 2 aliphatic heterocycles. The molecule has 29 heavy (non-hydrogen) atoms. The maximum Gasteiger partial charge on any atom is 0.159 e. The minimum atomic E-state index is -0.0566. The number of ether oxygens (including phenoxy) is 2. The van der Waals surface area contributed by atoms with E-state index >= 15 is 0 Å². The molecule has 5 rings (SSSR count). The van der Waals surface area contributed by atoms with Crippen LogP contribution in [0.2, 0.25) is 0 Å². The van der Waals surface area contributed by atoms with E-state index in [1.165, 1.54) is 11.3 Å². The van der Waals surface area contributed by atoms with Crippen LogP contribution >= 0.6 is 0 Å². The first kappa shape index (κ1) is 18.3. The highest BCUT2D eigenvalue weighted by Gasteiger charge is 2.44. The fraction of sp³-hybridized carbons (Fsp3) is 0.333. The monoisotopic (exact) mass is 387 g/mol. The zero-order chi connectivity index (χ0) is 19.7. The molecule has 1 saturated heterocycles. The van der Waals surface area contributed by atoms with Gasteiger partial charge in [0.1, 0.15) is 5.75 Å². The molecule has 2 aromatic carbocycles. The SMILES string of the molecule is COc1cccc(CN2CC[C@@]3(COCc4cnc(-c5ccccc5)nc43)C2)c1. The summed E-state index contributed by atoms with van der Waals surface area (Å²) in [6.07, 6.45) is 3.01. The van der Waals surface area contributed by atoms with Crippen molar-refractivity contribution in [2.45, 2.75) is 25.0 Å². The lowest BCUT2D eigenvalue weighted by Crippen LogP contribution is -2.40. The molecular weight excluding hydrogens is 362 g/mol.